The number of nitrogens with one attached hydrogen (secondary N) is 3. The number of carbonyl (C=O) groups excluding carboxylic acids is 3. The zero-order valence-electron chi connectivity index (χ0n) is 31.3. The van der Waals surface area contributed by atoms with Gasteiger partial charge in [0.15, 0.2) is 0 Å². The molecule has 0 saturated carbocycles. The van der Waals surface area contributed by atoms with Crippen LogP contribution >= 0.6 is 0 Å². The number of rotatable bonds is 43. The Morgan fingerprint density at radius 1 is 0.327 bits per heavy atom. The average Bonchev–Trinajstić information content (AvgIpc) is 3.14. The minimum absolute atomic E-state index is 0.168. The van der Waals surface area contributed by atoms with Crippen LogP contribution in [0.3, 0.4) is 0 Å². The van der Waals surface area contributed by atoms with Crippen molar-refractivity contribution in [2.75, 3.05) is 192 Å². The molecule has 0 fully saturated rings. The maximum Gasteiger partial charge on any atom is 0.239 e. The lowest BCUT2D eigenvalue weighted by molar-refractivity contribution is -0.127. The Morgan fingerprint density at radius 3 is 0.827 bits per heavy atom. The molecule has 3 N–H and O–H groups in total. The second-order valence-corrected chi connectivity index (χ2v) is 10.4. The fourth-order valence-corrected chi connectivity index (χ4v) is 3.43. The highest BCUT2D eigenvalue weighted by molar-refractivity contribution is 5.87. The van der Waals surface area contributed by atoms with Gasteiger partial charge in [-0.25, -0.2) is 0 Å². The van der Waals surface area contributed by atoms with Crippen LogP contribution in [0.1, 0.15) is 6.92 Å². The number of hydrogen-bond acceptors (Lipinski definition) is 16. The standard InChI is InChI=1S/C33H65N3O16/c1-31(37)35-29-33(39)36-30-32(38)34-3-4-41-7-8-43-11-12-45-15-16-47-19-20-49-23-24-51-27-28-52-26-25-50-22-21-48-18-17-46-14-13-44-10-9-42-6-5-40-2/h3-30H2,1-2H3,(H,34,38)(H,35,37)(H,36,39). The molecular weight excluding hydrogens is 694 g/mol. The molecule has 0 unspecified atom stereocenters. The van der Waals surface area contributed by atoms with Gasteiger partial charge in [0.25, 0.3) is 0 Å². The summed E-state index contributed by atoms with van der Waals surface area (Å²) in [5, 5.41) is 7.36. The van der Waals surface area contributed by atoms with E-state index in [1.807, 2.05) is 0 Å². The van der Waals surface area contributed by atoms with Gasteiger partial charge >= 0.3 is 0 Å². The highest BCUT2D eigenvalue weighted by Gasteiger charge is 2.05. The van der Waals surface area contributed by atoms with Crippen LogP contribution in [-0.2, 0) is 76.0 Å². The molecule has 19 heteroatoms. The highest BCUT2D eigenvalue weighted by atomic mass is 16.6. The lowest BCUT2D eigenvalue weighted by atomic mass is 10.5. The zero-order valence-corrected chi connectivity index (χ0v) is 31.3. The molecule has 0 aromatic carbocycles. The highest BCUT2D eigenvalue weighted by Crippen LogP contribution is 1.87. The maximum atomic E-state index is 11.6. The summed E-state index contributed by atoms with van der Waals surface area (Å²) in [5.74, 6) is -1.11. The first-order valence-electron chi connectivity index (χ1n) is 17.8. The van der Waals surface area contributed by atoms with Crippen molar-refractivity contribution in [1.82, 2.24) is 16.0 Å². The van der Waals surface area contributed by atoms with E-state index >= 15 is 0 Å². The van der Waals surface area contributed by atoms with E-state index in [2.05, 4.69) is 16.0 Å². The normalized spacial score (nSPS) is 11.2. The first-order valence-corrected chi connectivity index (χ1v) is 17.8. The second kappa shape index (κ2) is 43.3. The molecular formula is C33H65N3O16. The van der Waals surface area contributed by atoms with Crippen molar-refractivity contribution in [2.24, 2.45) is 0 Å². The molecule has 0 spiro atoms. The molecule has 52 heavy (non-hydrogen) atoms. The van der Waals surface area contributed by atoms with E-state index in [1.54, 1.807) is 7.11 Å². The van der Waals surface area contributed by atoms with Gasteiger partial charge in [-0.3, -0.25) is 14.4 Å². The first kappa shape index (κ1) is 49.9. The number of methoxy groups -OCH3 is 1. The number of amides is 3. The third kappa shape index (κ3) is 44.1. The van der Waals surface area contributed by atoms with E-state index in [0.29, 0.717) is 172 Å². The summed E-state index contributed by atoms with van der Waals surface area (Å²) in [6, 6.07) is 0. The smallest absolute Gasteiger partial charge is 0.239 e. The Labute approximate surface area is 308 Å². The summed E-state index contributed by atoms with van der Waals surface area (Å²) in [4.78, 5) is 33.8. The van der Waals surface area contributed by atoms with Gasteiger partial charge in [0.1, 0.15) is 0 Å². The summed E-state index contributed by atoms with van der Waals surface area (Å²) in [7, 11) is 1.64. The molecule has 0 aromatic heterocycles. The molecule has 19 nitrogen and oxygen atoms in total. The monoisotopic (exact) mass is 759 g/mol. The van der Waals surface area contributed by atoms with Crippen LogP contribution in [0.15, 0.2) is 0 Å². The van der Waals surface area contributed by atoms with Crippen molar-refractivity contribution >= 4 is 17.7 Å². The van der Waals surface area contributed by atoms with Crippen molar-refractivity contribution in [3.63, 3.8) is 0 Å². The molecule has 0 radical (unpaired) electrons. The van der Waals surface area contributed by atoms with Gasteiger partial charge in [-0.2, -0.15) is 0 Å². The third-order valence-electron chi connectivity index (χ3n) is 6.04. The summed E-state index contributed by atoms with van der Waals surface area (Å²) in [6.07, 6.45) is 0. The fourth-order valence-electron chi connectivity index (χ4n) is 3.43. The molecule has 0 rings (SSSR count). The van der Waals surface area contributed by atoms with Gasteiger partial charge in [-0.1, -0.05) is 0 Å². The van der Waals surface area contributed by atoms with Crippen LogP contribution in [0.25, 0.3) is 0 Å². The molecule has 0 aromatic rings. The first-order chi connectivity index (χ1) is 25.6. The lowest BCUT2D eigenvalue weighted by Crippen LogP contribution is -2.42. The van der Waals surface area contributed by atoms with Gasteiger partial charge in [0.2, 0.25) is 17.7 Å². The van der Waals surface area contributed by atoms with Crippen LogP contribution in [0, 0.1) is 0 Å². The van der Waals surface area contributed by atoms with Crippen molar-refractivity contribution in [1.29, 1.82) is 0 Å². The Hall–Kier alpha value is -2.11. The van der Waals surface area contributed by atoms with E-state index in [-0.39, 0.29) is 24.9 Å². The van der Waals surface area contributed by atoms with Crippen LogP contribution in [0.5, 0.6) is 0 Å². The topological polar surface area (TPSA) is 207 Å². The maximum absolute atomic E-state index is 11.6. The number of carbonyl (C=O) groups is 3. The summed E-state index contributed by atoms with van der Waals surface area (Å²) in [5.41, 5.74) is 0. The minimum atomic E-state index is -0.441. The number of hydrogen-bond donors (Lipinski definition) is 3. The van der Waals surface area contributed by atoms with E-state index in [9.17, 15) is 14.4 Å². The van der Waals surface area contributed by atoms with Gasteiger partial charge in [0, 0.05) is 20.6 Å². The second-order valence-electron chi connectivity index (χ2n) is 10.4. The molecule has 3 amide bonds. The van der Waals surface area contributed by atoms with Crippen molar-refractivity contribution in [2.45, 2.75) is 6.92 Å². The Balaban J connectivity index is 3.13. The van der Waals surface area contributed by atoms with Gasteiger partial charge < -0.3 is 77.5 Å². The molecule has 0 aliphatic carbocycles. The van der Waals surface area contributed by atoms with Crippen LogP contribution in [0.4, 0.5) is 0 Å². The van der Waals surface area contributed by atoms with E-state index < -0.39 is 5.91 Å². The Bertz CT molecular complexity index is 788. The fraction of sp³-hybridized carbons (Fsp3) is 0.909. The Morgan fingerprint density at radius 2 is 0.558 bits per heavy atom. The predicted octanol–water partition coefficient (Wildman–Crippen LogP) is -1.80. The molecule has 0 aliphatic rings. The SMILES string of the molecule is COCCOCCOCCOCCOCCOCCOCCOCCOCCOCCOCCOCCOCCNC(=O)CNC(=O)CNC(C)=O. The van der Waals surface area contributed by atoms with E-state index in [4.69, 9.17) is 61.6 Å². The van der Waals surface area contributed by atoms with Crippen molar-refractivity contribution < 1.29 is 76.0 Å². The van der Waals surface area contributed by atoms with Crippen LogP contribution < -0.4 is 16.0 Å². The number of ether oxygens (including phenoxy) is 13. The molecule has 0 heterocycles. The van der Waals surface area contributed by atoms with Crippen molar-refractivity contribution in [3.8, 4) is 0 Å². The van der Waals surface area contributed by atoms with Gasteiger partial charge in [-0.15, -0.1) is 0 Å². The molecule has 0 bridgehead atoms. The van der Waals surface area contributed by atoms with E-state index in [0.717, 1.165) is 0 Å². The van der Waals surface area contributed by atoms with Crippen LogP contribution in [0.2, 0.25) is 0 Å². The lowest BCUT2D eigenvalue weighted by Gasteiger charge is -2.09. The largest absolute Gasteiger partial charge is 0.382 e. The van der Waals surface area contributed by atoms with Crippen LogP contribution in [-0.4, -0.2) is 210 Å². The van der Waals surface area contributed by atoms with E-state index in [1.165, 1.54) is 6.92 Å². The van der Waals surface area contributed by atoms with Crippen molar-refractivity contribution in [3.05, 3.63) is 0 Å². The summed E-state index contributed by atoms with van der Waals surface area (Å²) < 4.78 is 70.0. The average molecular weight is 760 g/mol. The third-order valence-corrected chi connectivity index (χ3v) is 6.04. The Kier molecular flexibility index (Phi) is 41.5. The molecule has 308 valence electrons. The summed E-state index contributed by atoms with van der Waals surface area (Å²) >= 11 is 0. The van der Waals surface area contributed by atoms with Gasteiger partial charge in [-0.05, 0) is 0 Å². The van der Waals surface area contributed by atoms with Gasteiger partial charge in [0.05, 0.1) is 178 Å². The molecule has 0 aliphatic heterocycles. The zero-order chi connectivity index (χ0) is 37.8. The predicted molar refractivity (Wildman–Crippen MR) is 186 cm³/mol. The summed E-state index contributed by atoms with van der Waals surface area (Å²) in [6.45, 7) is 13.3. The molecule has 0 saturated heterocycles. The quantitative estimate of drug-likeness (QED) is 0.0587. The molecule has 0 atom stereocenters. The minimum Gasteiger partial charge on any atom is -0.382 e.